The zero-order valence-electron chi connectivity index (χ0n) is 11.2. The zero-order valence-corrected chi connectivity index (χ0v) is 12.0. The molecule has 0 aliphatic carbocycles. The Morgan fingerprint density at radius 1 is 1.25 bits per heavy atom. The van der Waals surface area contributed by atoms with Gasteiger partial charge in [-0.1, -0.05) is 37.3 Å². The number of hydrogen-bond donors (Lipinski definition) is 0. The minimum absolute atomic E-state index is 0.0172. The molecule has 0 saturated carbocycles. The number of nitrogens with zero attached hydrogens (tertiary/aromatic N) is 2. The minimum atomic E-state index is -3.06. The Morgan fingerprint density at radius 3 is 2.55 bits per heavy atom. The van der Waals surface area contributed by atoms with E-state index in [2.05, 4.69) is 5.10 Å². The zero-order chi connectivity index (χ0) is 14.6. The maximum absolute atomic E-state index is 11.6. The quantitative estimate of drug-likeness (QED) is 0.761. The molecule has 1 aromatic heterocycles. The number of aromatic nitrogens is 2. The van der Waals surface area contributed by atoms with Gasteiger partial charge in [-0.05, 0) is 0 Å². The van der Waals surface area contributed by atoms with E-state index >= 15 is 0 Å². The number of carbonyl (C=O) groups is 1. The van der Waals surface area contributed by atoms with Gasteiger partial charge >= 0.3 is 0 Å². The monoisotopic (exact) mass is 292 g/mol. The molecule has 20 heavy (non-hydrogen) atoms. The molecule has 2 rings (SSSR count). The first-order valence-corrected chi connectivity index (χ1v) is 8.16. The van der Waals surface area contributed by atoms with Crippen molar-refractivity contribution >= 4 is 16.1 Å². The molecule has 0 aliphatic heterocycles. The molecule has 0 saturated heterocycles. The van der Waals surface area contributed by atoms with Crippen molar-refractivity contribution in [1.29, 1.82) is 0 Å². The number of carbonyl (C=O) groups excluding carboxylic acids is 1. The van der Waals surface area contributed by atoms with E-state index in [0.29, 0.717) is 11.3 Å². The summed E-state index contributed by atoms with van der Waals surface area (Å²) < 4.78 is 24.7. The van der Waals surface area contributed by atoms with E-state index in [4.69, 9.17) is 0 Å². The van der Waals surface area contributed by atoms with Gasteiger partial charge in [-0.25, -0.2) is 8.42 Å². The van der Waals surface area contributed by atoms with Crippen LogP contribution in [-0.2, 0) is 16.4 Å². The second-order valence-corrected chi connectivity index (χ2v) is 6.86. The van der Waals surface area contributed by atoms with Crippen LogP contribution in [-0.4, -0.2) is 36.0 Å². The van der Waals surface area contributed by atoms with Gasteiger partial charge in [0.25, 0.3) is 0 Å². The van der Waals surface area contributed by atoms with Crippen molar-refractivity contribution in [3.8, 4) is 11.3 Å². The first kappa shape index (κ1) is 14.5. The summed E-state index contributed by atoms with van der Waals surface area (Å²) in [4.78, 5) is 11.1. The summed E-state index contributed by atoms with van der Waals surface area (Å²) in [7, 11) is -3.06. The molecular weight excluding hydrogens is 276 g/mol. The van der Waals surface area contributed by atoms with E-state index in [0.717, 1.165) is 11.8 Å². The lowest BCUT2D eigenvalue weighted by atomic mass is 10.1. The maximum Gasteiger partial charge on any atom is 0.153 e. The molecule has 0 aliphatic rings. The third kappa shape index (κ3) is 3.14. The number of benzene rings is 1. The molecule has 0 amide bonds. The third-order valence-electron chi connectivity index (χ3n) is 3.10. The average Bonchev–Trinajstić information content (AvgIpc) is 2.89. The topological polar surface area (TPSA) is 69.0 Å². The van der Waals surface area contributed by atoms with Crippen LogP contribution in [0.3, 0.4) is 0 Å². The van der Waals surface area contributed by atoms with Gasteiger partial charge in [0.1, 0.15) is 0 Å². The molecular formula is C14H16N2O3S. The highest BCUT2D eigenvalue weighted by Crippen LogP contribution is 2.22. The van der Waals surface area contributed by atoms with Gasteiger partial charge in [-0.3, -0.25) is 9.48 Å². The summed E-state index contributed by atoms with van der Waals surface area (Å²) in [6.45, 7) is 1.86. The SMILES string of the molecule is CCS(=O)(=O)CCn1ncc(C=O)c1-c1ccccc1. The number of rotatable bonds is 6. The first-order chi connectivity index (χ1) is 9.57. The minimum Gasteiger partial charge on any atom is -0.298 e. The van der Waals surface area contributed by atoms with Crippen LogP contribution in [0.15, 0.2) is 36.5 Å². The fourth-order valence-electron chi connectivity index (χ4n) is 1.94. The van der Waals surface area contributed by atoms with Gasteiger partial charge in [-0.2, -0.15) is 5.10 Å². The third-order valence-corrected chi connectivity index (χ3v) is 4.78. The molecule has 0 unspecified atom stereocenters. The summed E-state index contributed by atoms with van der Waals surface area (Å²) in [6.07, 6.45) is 2.20. The molecule has 5 nitrogen and oxygen atoms in total. The van der Waals surface area contributed by atoms with Crippen molar-refractivity contribution in [2.24, 2.45) is 0 Å². The van der Waals surface area contributed by atoms with Gasteiger partial charge in [0, 0.05) is 11.3 Å². The van der Waals surface area contributed by atoms with E-state index in [9.17, 15) is 13.2 Å². The molecule has 0 fully saturated rings. The highest BCUT2D eigenvalue weighted by Gasteiger charge is 2.14. The van der Waals surface area contributed by atoms with Gasteiger partial charge < -0.3 is 0 Å². The largest absolute Gasteiger partial charge is 0.298 e. The number of hydrogen-bond acceptors (Lipinski definition) is 4. The summed E-state index contributed by atoms with van der Waals surface area (Å²) in [5.74, 6) is 0.124. The van der Waals surface area contributed by atoms with Crippen molar-refractivity contribution < 1.29 is 13.2 Å². The van der Waals surface area contributed by atoms with Crippen molar-refractivity contribution in [2.45, 2.75) is 13.5 Å². The van der Waals surface area contributed by atoms with E-state index in [1.807, 2.05) is 30.3 Å². The first-order valence-electron chi connectivity index (χ1n) is 6.34. The lowest BCUT2D eigenvalue weighted by molar-refractivity contribution is 0.112. The average molecular weight is 292 g/mol. The second-order valence-electron chi connectivity index (χ2n) is 4.39. The molecule has 0 N–H and O–H groups in total. The molecule has 2 aromatic rings. The Kier molecular flexibility index (Phi) is 4.34. The van der Waals surface area contributed by atoms with Crippen LogP contribution < -0.4 is 0 Å². The Labute approximate surface area is 118 Å². The molecule has 0 radical (unpaired) electrons. The normalized spacial score (nSPS) is 11.4. The Bertz CT molecular complexity index is 690. The number of aryl methyl sites for hydroxylation is 1. The predicted molar refractivity (Wildman–Crippen MR) is 77.4 cm³/mol. The number of sulfone groups is 1. The standard InChI is InChI=1S/C14H16N2O3S/c1-2-20(18,19)9-8-16-14(13(11-17)10-15-16)12-6-4-3-5-7-12/h3-7,10-11H,2,8-9H2,1H3. The number of aldehydes is 1. The van der Waals surface area contributed by atoms with Crippen LogP contribution in [0, 0.1) is 0 Å². The van der Waals surface area contributed by atoms with E-state index in [1.54, 1.807) is 11.6 Å². The molecule has 0 spiro atoms. The summed E-state index contributed by atoms with van der Waals surface area (Å²) in [5.41, 5.74) is 1.97. The van der Waals surface area contributed by atoms with Crippen molar-refractivity contribution in [3.63, 3.8) is 0 Å². The van der Waals surface area contributed by atoms with Crippen molar-refractivity contribution in [2.75, 3.05) is 11.5 Å². The van der Waals surface area contributed by atoms with E-state index in [1.165, 1.54) is 6.20 Å². The van der Waals surface area contributed by atoms with Crippen LogP contribution in [0.4, 0.5) is 0 Å². The van der Waals surface area contributed by atoms with Crippen LogP contribution in [0.5, 0.6) is 0 Å². The molecule has 0 bridgehead atoms. The summed E-state index contributed by atoms with van der Waals surface area (Å²) in [5, 5.41) is 4.12. The van der Waals surface area contributed by atoms with Crippen LogP contribution >= 0.6 is 0 Å². The molecule has 106 valence electrons. The van der Waals surface area contributed by atoms with Crippen LogP contribution in [0.1, 0.15) is 17.3 Å². The van der Waals surface area contributed by atoms with Crippen molar-refractivity contribution in [1.82, 2.24) is 9.78 Å². The molecule has 1 heterocycles. The fourth-order valence-corrected chi connectivity index (χ4v) is 2.68. The highest BCUT2D eigenvalue weighted by molar-refractivity contribution is 7.91. The molecule has 6 heteroatoms. The highest BCUT2D eigenvalue weighted by atomic mass is 32.2. The van der Waals surface area contributed by atoms with Gasteiger partial charge in [-0.15, -0.1) is 0 Å². The molecule has 1 aromatic carbocycles. The van der Waals surface area contributed by atoms with Crippen LogP contribution in [0.25, 0.3) is 11.3 Å². The lowest BCUT2D eigenvalue weighted by Crippen LogP contribution is -2.16. The smallest absolute Gasteiger partial charge is 0.153 e. The predicted octanol–water partition coefficient (Wildman–Crippen LogP) is 1.80. The van der Waals surface area contributed by atoms with Gasteiger partial charge in [0.15, 0.2) is 16.1 Å². The van der Waals surface area contributed by atoms with E-state index < -0.39 is 9.84 Å². The summed E-state index contributed by atoms with van der Waals surface area (Å²) in [6, 6.07) is 9.35. The van der Waals surface area contributed by atoms with E-state index in [-0.39, 0.29) is 18.1 Å². The van der Waals surface area contributed by atoms with Crippen molar-refractivity contribution in [3.05, 3.63) is 42.1 Å². The summed E-state index contributed by atoms with van der Waals surface area (Å²) >= 11 is 0. The van der Waals surface area contributed by atoms with Gasteiger partial charge in [0.05, 0.1) is 29.8 Å². The van der Waals surface area contributed by atoms with Gasteiger partial charge in [0.2, 0.25) is 0 Å². The maximum atomic E-state index is 11.6. The lowest BCUT2D eigenvalue weighted by Gasteiger charge is -2.08. The Balaban J connectivity index is 2.36. The Hall–Kier alpha value is -1.95. The fraction of sp³-hybridized carbons (Fsp3) is 0.286. The van der Waals surface area contributed by atoms with Crippen LogP contribution in [0.2, 0.25) is 0 Å². The second kappa shape index (κ2) is 6.00. The Morgan fingerprint density at radius 2 is 1.95 bits per heavy atom. The molecule has 0 atom stereocenters.